The molecule has 1 aromatic heterocycles. The summed E-state index contributed by atoms with van der Waals surface area (Å²) in [5, 5.41) is 6.96. The van der Waals surface area contributed by atoms with Gasteiger partial charge in [0.05, 0.1) is 0 Å². The predicted octanol–water partition coefficient (Wildman–Crippen LogP) is 3.71. The minimum Gasteiger partial charge on any atom is -0.370 e. The number of hydrogen-bond donors (Lipinski definition) is 2. The van der Waals surface area contributed by atoms with Gasteiger partial charge in [-0.2, -0.15) is 0 Å². The van der Waals surface area contributed by atoms with Crippen molar-refractivity contribution in [1.82, 2.24) is 9.97 Å². The lowest BCUT2D eigenvalue weighted by molar-refractivity contribution is 0.509. The molecule has 0 aliphatic carbocycles. The SMILES string of the molecule is CCCNc1ncnc(NC(CC)C(C)C)c1CC. The third-order valence-corrected chi connectivity index (χ3v) is 3.41. The van der Waals surface area contributed by atoms with E-state index < -0.39 is 0 Å². The van der Waals surface area contributed by atoms with E-state index >= 15 is 0 Å². The molecule has 1 unspecified atom stereocenters. The number of aromatic nitrogens is 2. The van der Waals surface area contributed by atoms with E-state index in [2.05, 4.69) is 55.2 Å². The van der Waals surface area contributed by atoms with E-state index in [1.807, 2.05) is 0 Å². The first kappa shape index (κ1) is 15.7. The zero-order chi connectivity index (χ0) is 14.3. The number of nitrogens with one attached hydrogen (secondary N) is 2. The van der Waals surface area contributed by atoms with Gasteiger partial charge in [-0.15, -0.1) is 0 Å². The van der Waals surface area contributed by atoms with Crippen LogP contribution in [0.2, 0.25) is 0 Å². The fourth-order valence-corrected chi connectivity index (χ4v) is 2.18. The molecule has 0 amide bonds. The van der Waals surface area contributed by atoms with Crippen molar-refractivity contribution in [3.05, 3.63) is 11.9 Å². The Morgan fingerprint density at radius 3 is 2.32 bits per heavy atom. The summed E-state index contributed by atoms with van der Waals surface area (Å²) in [6.07, 6.45) is 4.78. The summed E-state index contributed by atoms with van der Waals surface area (Å²) in [6.45, 7) is 11.9. The van der Waals surface area contributed by atoms with E-state index in [9.17, 15) is 0 Å². The fourth-order valence-electron chi connectivity index (χ4n) is 2.18. The van der Waals surface area contributed by atoms with Crippen LogP contribution in [0.4, 0.5) is 11.6 Å². The van der Waals surface area contributed by atoms with Crippen LogP contribution in [0.15, 0.2) is 6.33 Å². The third kappa shape index (κ3) is 4.37. The first-order chi connectivity index (χ1) is 9.13. The van der Waals surface area contributed by atoms with Crippen molar-refractivity contribution in [3.8, 4) is 0 Å². The Labute approximate surface area is 117 Å². The summed E-state index contributed by atoms with van der Waals surface area (Å²) in [5.41, 5.74) is 1.19. The molecular weight excluding hydrogens is 236 g/mol. The fraction of sp³-hybridized carbons (Fsp3) is 0.733. The number of anilines is 2. The maximum Gasteiger partial charge on any atom is 0.134 e. The summed E-state index contributed by atoms with van der Waals surface area (Å²) in [7, 11) is 0. The Balaban J connectivity index is 2.93. The Bertz CT molecular complexity index is 376. The molecule has 1 heterocycles. The molecule has 1 aromatic rings. The highest BCUT2D eigenvalue weighted by molar-refractivity contribution is 5.57. The van der Waals surface area contributed by atoms with Gasteiger partial charge < -0.3 is 10.6 Å². The second-order valence-corrected chi connectivity index (χ2v) is 5.23. The normalized spacial score (nSPS) is 12.5. The lowest BCUT2D eigenvalue weighted by atomic mass is 10.0. The molecule has 0 fully saturated rings. The van der Waals surface area contributed by atoms with Crippen molar-refractivity contribution >= 4 is 11.6 Å². The second-order valence-electron chi connectivity index (χ2n) is 5.23. The quantitative estimate of drug-likeness (QED) is 0.751. The van der Waals surface area contributed by atoms with E-state index in [0.717, 1.165) is 37.4 Å². The Kier molecular flexibility index (Phi) is 6.60. The molecule has 0 radical (unpaired) electrons. The van der Waals surface area contributed by atoms with E-state index in [0.29, 0.717) is 12.0 Å². The molecule has 0 aliphatic heterocycles. The average Bonchev–Trinajstić information content (AvgIpc) is 2.41. The van der Waals surface area contributed by atoms with Crippen LogP contribution in [0.3, 0.4) is 0 Å². The third-order valence-electron chi connectivity index (χ3n) is 3.41. The molecule has 0 spiro atoms. The molecule has 0 saturated carbocycles. The van der Waals surface area contributed by atoms with Crippen LogP contribution in [0.25, 0.3) is 0 Å². The van der Waals surface area contributed by atoms with Gasteiger partial charge in [-0.1, -0.05) is 34.6 Å². The van der Waals surface area contributed by atoms with Gasteiger partial charge in [-0.3, -0.25) is 0 Å². The molecular formula is C15H28N4. The van der Waals surface area contributed by atoms with Crippen LogP contribution in [0.5, 0.6) is 0 Å². The minimum absolute atomic E-state index is 0.458. The molecule has 4 heteroatoms. The maximum absolute atomic E-state index is 4.43. The largest absolute Gasteiger partial charge is 0.370 e. The van der Waals surface area contributed by atoms with E-state index in [-0.39, 0.29) is 0 Å². The number of hydrogen-bond acceptors (Lipinski definition) is 4. The monoisotopic (exact) mass is 264 g/mol. The van der Waals surface area contributed by atoms with Crippen molar-refractivity contribution in [3.63, 3.8) is 0 Å². The minimum atomic E-state index is 0.458. The van der Waals surface area contributed by atoms with Crippen LogP contribution in [-0.4, -0.2) is 22.6 Å². The van der Waals surface area contributed by atoms with Crippen LogP contribution in [-0.2, 0) is 6.42 Å². The molecule has 19 heavy (non-hydrogen) atoms. The van der Waals surface area contributed by atoms with Gasteiger partial charge in [0.15, 0.2) is 0 Å². The highest BCUT2D eigenvalue weighted by atomic mass is 15.1. The highest BCUT2D eigenvalue weighted by Gasteiger charge is 2.15. The Hall–Kier alpha value is -1.32. The molecule has 4 nitrogen and oxygen atoms in total. The van der Waals surface area contributed by atoms with Crippen LogP contribution in [0, 0.1) is 5.92 Å². The summed E-state index contributed by atoms with van der Waals surface area (Å²) >= 11 is 0. The summed E-state index contributed by atoms with van der Waals surface area (Å²) in [6, 6.07) is 0.458. The lowest BCUT2D eigenvalue weighted by Gasteiger charge is -2.23. The van der Waals surface area contributed by atoms with Gasteiger partial charge in [0, 0.05) is 18.2 Å². The first-order valence-electron chi connectivity index (χ1n) is 7.48. The smallest absolute Gasteiger partial charge is 0.134 e. The van der Waals surface area contributed by atoms with E-state index in [1.54, 1.807) is 6.33 Å². The topological polar surface area (TPSA) is 49.8 Å². The molecule has 0 bridgehead atoms. The van der Waals surface area contributed by atoms with E-state index in [1.165, 1.54) is 5.56 Å². The summed E-state index contributed by atoms with van der Waals surface area (Å²) in [4.78, 5) is 8.79. The summed E-state index contributed by atoms with van der Waals surface area (Å²) < 4.78 is 0. The van der Waals surface area contributed by atoms with Crippen molar-refractivity contribution in [2.24, 2.45) is 5.92 Å². The second kappa shape index (κ2) is 7.97. The molecule has 108 valence electrons. The number of nitrogens with zero attached hydrogens (tertiary/aromatic N) is 2. The van der Waals surface area contributed by atoms with Gasteiger partial charge in [0.1, 0.15) is 18.0 Å². The van der Waals surface area contributed by atoms with Gasteiger partial charge in [0.25, 0.3) is 0 Å². The molecule has 2 N–H and O–H groups in total. The van der Waals surface area contributed by atoms with Crippen molar-refractivity contribution < 1.29 is 0 Å². The molecule has 1 atom stereocenters. The molecule has 0 aromatic carbocycles. The van der Waals surface area contributed by atoms with Crippen molar-refractivity contribution in [2.75, 3.05) is 17.2 Å². The number of rotatable bonds is 8. The predicted molar refractivity (Wildman–Crippen MR) is 82.7 cm³/mol. The Morgan fingerprint density at radius 1 is 1.11 bits per heavy atom. The average molecular weight is 264 g/mol. The zero-order valence-corrected chi connectivity index (χ0v) is 13.0. The van der Waals surface area contributed by atoms with Crippen LogP contribution in [0.1, 0.15) is 53.0 Å². The lowest BCUT2D eigenvalue weighted by Crippen LogP contribution is -2.26. The maximum atomic E-state index is 4.43. The Morgan fingerprint density at radius 2 is 1.79 bits per heavy atom. The van der Waals surface area contributed by atoms with Crippen molar-refractivity contribution in [1.29, 1.82) is 0 Å². The molecule has 1 rings (SSSR count). The van der Waals surface area contributed by atoms with E-state index in [4.69, 9.17) is 0 Å². The van der Waals surface area contributed by atoms with Gasteiger partial charge in [-0.25, -0.2) is 9.97 Å². The van der Waals surface area contributed by atoms with Gasteiger partial charge in [-0.05, 0) is 25.2 Å². The first-order valence-corrected chi connectivity index (χ1v) is 7.48. The molecule has 0 saturated heterocycles. The van der Waals surface area contributed by atoms with Crippen LogP contribution >= 0.6 is 0 Å². The molecule has 0 aliphatic rings. The highest BCUT2D eigenvalue weighted by Crippen LogP contribution is 2.23. The standard InChI is InChI=1S/C15H28N4/c1-6-9-16-14-12(7-2)15(18-10-17-14)19-13(8-3)11(4)5/h10-11,13H,6-9H2,1-5H3,(H2,16,17,18,19). The van der Waals surface area contributed by atoms with Crippen LogP contribution < -0.4 is 10.6 Å². The summed E-state index contributed by atoms with van der Waals surface area (Å²) in [5.74, 6) is 2.55. The zero-order valence-electron chi connectivity index (χ0n) is 13.0. The van der Waals surface area contributed by atoms with Gasteiger partial charge >= 0.3 is 0 Å². The van der Waals surface area contributed by atoms with Gasteiger partial charge in [0.2, 0.25) is 0 Å². The van der Waals surface area contributed by atoms with Crippen molar-refractivity contribution in [2.45, 2.75) is 59.9 Å².